The largest absolute Gasteiger partial charge is 0.329 e. The molecule has 2 nitrogen and oxygen atoms in total. The Morgan fingerprint density at radius 2 is 2.27 bits per heavy atom. The van der Waals surface area contributed by atoms with Gasteiger partial charge in [-0.15, -0.1) is 0 Å². The lowest BCUT2D eigenvalue weighted by Gasteiger charge is -2.39. The fraction of sp³-hybridized carbons (Fsp3) is 1.00. The maximum Gasteiger partial charge on any atom is 0.0221 e. The molecule has 2 aliphatic rings. The molecule has 2 N–H and O–H groups in total. The van der Waals surface area contributed by atoms with E-state index >= 15 is 0 Å². The Hall–Kier alpha value is 0.270. The van der Waals surface area contributed by atoms with Crippen LogP contribution in [0.2, 0.25) is 0 Å². The molecule has 0 saturated carbocycles. The van der Waals surface area contributed by atoms with Crippen molar-refractivity contribution in [2.45, 2.75) is 32.2 Å². The molecule has 15 heavy (non-hydrogen) atoms. The van der Waals surface area contributed by atoms with Crippen molar-refractivity contribution in [3.63, 3.8) is 0 Å². The first kappa shape index (κ1) is 11.7. The molecule has 2 saturated heterocycles. The van der Waals surface area contributed by atoms with Crippen molar-refractivity contribution in [3.05, 3.63) is 0 Å². The summed E-state index contributed by atoms with van der Waals surface area (Å²) in [6.45, 7) is 5.81. The van der Waals surface area contributed by atoms with E-state index in [1.807, 2.05) is 0 Å². The smallest absolute Gasteiger partial charge is 0.0221 e. The van der Waals surface area contributed by atoms with Crippen molar-refractivity contribution in [2.75, 3.05) is 31.1 Å². The molecule has 0 aromatic rings. The number of hydrogen-bond donors (Lipinski definition) is 1. The topological polar surface area (TPSA) is 29.3 Å². The normalized spacial score (nSPS) is 38.4. The maximum absolute atomic E-state index is 5.88. The third-order valence-corrected chi connectivity index (χ3v) is 5.12. The summed E-state index contributed by atoms with van der Waals surface area (Å²) in [7, 11) is 0. The van der Waals surface area contributed by atoms with Gasteiger partial charge in [0.05, 0.1) is 0 Å². The van der Waals surface area contributed by atoms with Gasteiger partial charge in [-0.3, -0.25) is 4.90 Å². The summed E-state index contributed by atoms with van der Waals surface area (Å²) in [5, 5.41) is 0. The van der Waals surface area contributed by atoms with Crippen molar-refractivity contribution in [2.24, 2.45) is 17.6 Å². The van der Waals surface area contributed by atoms with Crippen LogP contribution in [0.1, 0.15) is 26.2 Å². The Bertz CT molecular complexity index is 192. The Morgan fingerprint density at radius 1 is 1.40 bits per heavy atom. The fourth-order valence-corrected chi connectivity index (χ4v) is 4.12. The lowest BCUT2D eigenvalue weighted by Crippen LogP contribution is -2.48. The van der Waals surface area contributed by atoms with Gasteiger partial charge in [0, 0.05) is 19.1 Å². The summed E-state index contributed by atoms with van der Waals surface area (Å²) in [5.41, 5.74) is 5.88. The van der Waals surface area contributed by atoms with Crippen LogP contribution in [0, 0.1) is 11.8 Å². The van der Waals surface area contributed by atoms with Gasteiger partial charge in [-0.1, -0.05) is 6.92 Å². The predicted molar refractivity (Wildman–Crippen MR) is 68.2 cm³/mol. The van der Waals surface area contributed by atoms with Gasteiger partial charge >= 0.3 is 0 Å². The average molecular weight is 228 g/mol. The summed E-state index contributed by atoms with van der Waals surface area (Å²) in [6, 6.07) is 0.666. The van der Waals surface area contributed by atoms with Crippen molar-refractivity contribution >= 4 is 11.8 Å². The number of nitrogens with zero attached hydrogens (tertiary/aromatic N) is 1. The summed E-state index contributed by atoms with van der Waals surface area (Å²) in [5.74, 6) is 4.58. The van der Waals surface area contributed by atoms with E-state index < -0.39 is 0 Å². The van der Waals surface area contributed by atoms with Crippen LogP contribution in [0.3, 0.4) is 0 Å². The zero-order valence-corrected chi connectivity index (χ0v) is 10.6. The number of piperidine rings is 1. The van der Waals surface area contributed by atoms with Gasteiger partial charge < -0.3 is 5.73 Å². The molecule has 0 aromatic heterocycles. The molecular formula is C12H24N2S. The molecule has 3 unspecified atom stereocenters. The molecule has 2 heterocycles. The van der Waals surface area contributed by atoms with Gasteiger partial charge in [-0.05, 0) is 49.1 Å². The van der Waals surface area contributed by atoms with Gasteiger partial charge in [0.15, 0.2) is 0 Å². The molecule has 0 aromatic carbocycles. The summed E-state index contributed by atoms with van der Waals surface area (Å²) in [6.07, 6.45) is 4.11. The van der Waals surface area contributed by atoms with E-state index in [-0.39, 0.29) is 0 Å². The van der Waals surface area contributed by atoms with E-state index in [4.69, 9.17) is 5.73 Å². The first-order valence-corrected chi connectivity index (χ1v) is 7.47. The van der Waals surface area contributed by atoms with E-state index in [9.17, 15) is 0 Å². The van der Waals surface area contributed by atoms with Gasteiger partial charge in [0.2, 0.25) is 0 Å². The van der Waals surface area contributed by atoms with Crippen molar-refractivity contribution < 1.29 is 0 Å². The van der Waals surface area contributed by atoms with Crippen LogP contribution in [-0.2, 0) is 0 Å². The maximum atomic E-state index is 5.88. The second-order valence-corrected chi connectivity index (χ2v) is 6.39. The second kappa shape index (κ2) is 5.55. The minimum atomic E-state index is 0.666. The average Bonchev–Trinajstić information content (AvgIpc) is 2.73. The van der Waals surface area contributed by atoms with E-state index in [2.05, 4.69) is 23.6 Å². The van der Waals surface area contributed by atoms with Gasteiger partial charge in [-0.2, -0.15) is 11.8 Å². The number of hydrogen-bond acceptors (Lipinski definition) is 3. The monoisotopic (exact) mass is 228 g/mol. The molecule has 0 amide bonds. The molecule has 3 atom stereocenters. The summed E-state index contributed by atoms with van der Waals surface area (Å²) >= 11 is 2.12. The number of thioether (sulfide) groups is 1. The first-order chi connectivity index (χ1) is 7.29. The zero-order chi connectivity index (χ0) is 10.7. The molecule has 2 aliphatic heterocycles. The Morgan fingerprint density at radius 3 is 2.93 bits per heavy atom. The van der Waals surface area contributed by atoms with Crippen LogP contribution in [0.5, 0.6) is 0 Å². The Balaban J connectivity index is 1.83. The van der Waals surface area contributed by atoms with E-state index in [1.54, 1.807) is 0 Å². The van der Waals surface area contributed by atoms with Crippen molar-refractivity contribution in [3.8, 4) is 0 Å². The zero-order valence-electron chi connectivity index (χ0n) is 9.82. The van der Waals surface area contributed by atoms with E-state index in [0.29, 0.717) is 6.04 Å². The van der Waals surface area contributed by atoms with Crippen LogP contribution in [0.25, 0.3) is 0 Å². The van der Waals surface area contributed by atoms with Crippen molar-refractivity contribution in [1.29, 1.82) is 0 Å². The van der Waals surface area contributed by atoms with Gasteiger partial charge in [0.25, 0.3) is 0 Å². The highest BCUT2D eigenvalue weighted by Gasteiger charge is 2.28. The third kappa shape index (κ3) is 3.11. The molecule has 0 bridgehead atoms. The van der Waals surface area contributed by atoms with Crippen LogP contribution in [0.4, 0.5) is 0 Å². The third-order valence-electron chi connectivity index (χ3n) is 3.89. The second-order valence-electron chi connectivity index (χ2n) is 5.24. The minimum Gasteiger partial charge on any atom is -0.329 e. The molecular weight excluding hydrogens is 204 g/mol. The quantitative estimate of drug-likeness (QED) is 0.799. The highest BCUT2D eigenvalue weighted by Crippen LogP contribution is 2.28. The van der Waals surface area contributed by atoms with Crippen molar-refractivity contribution in [1.82, 2.24) is 4.90 Å². The lowest BCUT2D eigenvalue weighted by atomic mass is 9.91. The van der Waals surface area contributed by atoms with Crippen LogP contribution in [-0.4, -0.2) is 42.1 Å². The van der Waals surface area contributed by atoms with Gasteiger partial charge in [0.1, 0.15) is 0 Å². The highest BCUT2D eigenvalue weighted by atomic mass is 32.2. The Kier molecular flexibility index (Phi) is 4.35. The van der Waals surface area contributed by atoms with Crippen LogP contribution < -0.4 is 5.73 Å². The number of likely N-dealkylation sites (tertiary alicyclic amines) is 1. The van der Waals surface area contributed by atoms with Crippen LogP contribution >= 0.6 is 11.8 Å². The molecule has 88 valence electrons. The molecule has 2 rings (SSSR count). The number of nitrogens with two attached hydrogens (primary N) is 1. The minimum absolute atomic E-state index is 0.666. The predicted octanol–water partition coefficient (Wildman–Crippen LogP) is 1.80. The molecule has 3 heteroatoms. The molecule has 0 spiro atoms. The molecule has 0 aliphatic carbocycles. The first-order valence-electron chi connectivity index (χ1n) is 6.31. The van der Waals surface area contributed by atoms with Gasteiger partial charge in [-0.25, -0.2) is 0 Å². The fourth-order valence-electron chi connectivity index (χ4n) is 2.84. The Labute approximate surface area is 98.0 Å². The summed E-state index contributed by atoms with van der Waals surface area (Å²) < 4.78 is 0. The lowest BCUT2D eigenvalue weighted by molar-refractivity contribution is 0.107. The SMILES string of the molecule is CC1CCN(CC2CCSC2)C(CN)C1. The van der Waals surface area contributed by atoms with Crippen LogP contribution in [0.15, 0.2) is 0 Å². The molecule has 2 fully saturated rings. The summed E-state index contributed by atoms with van der Waals surface area (Å²) in [4.78, 5) is 2.66. The number of rotatable bonds is 3. The van der Waals surface area contributed by atoms with E-state index in [0.717, 1.165) is 18.4 Å². The van der Waals surface area contributed by atoms with E-state index in [1.165, 1.54) is 43.9 Å². The molecule has 0 radical (unpaired) electrons. The highest BCUT2D eigenvalue weighted by molar-refractivity contribution is 7.99. The standard InChI is InChI=1S/C12H24N2S/c1-10-2-4-14(12(6-10)7-13)8-11-3-5-15-9-11/h10-12H,2-9,13H2,1H3.